The van der Waals surface area contributed by atoms with Crippen LogP contribution in [0.3, 0.4) is 0 Å². The molecule has 3 rings (SSSR count). The number of furan rings is 1. The van der Waals surface area contributed by atoms with E-state index in [1.165, 1.54) is 0 Å². The lowest BCUT2D eigenvalue weighted by Gasteiger charge is -2.23. The molecular weight excluding hydrogens is 290 g/mol. The summed E-state index contributed by atoms with van der Waals surface area (Å²) in [6.07, 6.45) is 3.88. The predicted octanol–water partition coefficient (Wildman–Crippen LogP) is 2.85. The lowest BCUT2D eigenvalue weighted by atomic mass is 9.96. The fourth-order valence-electron chi connectivity index (χ4n) is 3.03. The van der Waals surface area contributed by atoms with Gasteiger partial charge in [-0.1, -0.05) is 6.07 Å². The number of hydrogen-bond donors (Lipinski definition) is 2. The molecule has 1 unspecified atom stereocenters. The van der Waals surface area contributed by atoms with Crippen molar-refractivity contribution in [1.29, 1.82) is 0 Å². The first-order chi connectivity index (χ1) is 10.9. The molecule has 0 saturated heterocycles. The molecule has 0 amide bonds. The third kappa shape index (κ3) is 3.02. The first-order valence-corrected chi connectivity index (χ1v) is 7.80. The minimum Gasteiger partial charge on any atom is -0.466 e. The average Bonchev–Trinajstić information content (AvgIpc) is 3.04. The van der Waals surface area contributed by atoms with Gasteiger partial charge in [0, 0.05) is 24.8 Å². The summed E-state index contributed by atoms with van der Waals surface area (Å²) in [7, 11) is 0. The van der Waals surface area contributed by atoms with Crippen LogP contribution in [0.5, 0.6) is 0 Å². The molecule has 0 aliphatic rings. The van der Waals surface area contributed by atoms with Crippen LogP contribution in [0.4, 0.5) is 0 Å². The second-order valence-corrected chi connectivity index (χ2v) is 6.34. The number of pyridine rings is 1. The largest absolute Gasteiger partial charge is 0.466 e. The van der Waals surface area contributed by atoms with Crippen LogP contribution in [-0.4, -0.2) is 21.0 Å². The summed E-state index contributed by atoms with van der Waals surface area (Å²) in [5, 5.41) is 14.0. The van der Waals surface area contributed by atoms with E-state index >= 15 is 0 Å². The summed E-state index contributed by atoms with van der Waals surface area (Å²) in [5.41, 5.74) is 3.04. The first-order valence-electron chi connectivity index (χ1n) is 7.80. The van der Waals surface area contributed by atoms with E-state index in [0.717, 1.165) is 34.0 Å². The molecule has 23 heavy (non-hydrogen) atoms. The van der Waals surface area contributed by atoms with E-state index in [2.05, 4.69) is 14.7 Å². The molecule has 3 aromatic rings. The van der Waals surface area contributed by atoms with Crippen LogP contribution in [0, 0.1) is 20.8 Å². The Labute approximate surface area is 136 Å². The first kappa shape index (κ1) is 15.8. The van der Waals surface area contributed by atoms with E-state index in [-0.39, 0.29) is 0 Å². The van der Waals surface area contributed by atoms with Crippen molar-refractivity contribution in [2.45, 2.75) is 39.8 Å². The van der Waals surface area contributed by atoms with Crippen molar-refractivity contribution in [3.05, 3.63) is 58.9 Å². The molecule has 0 aliphatic heterocycles. The van der Waals surface area contributed by atoms with Gasteiger partial charge in [0.2, 0.25) is 0 Å². The number of rotatable bonds is 5. The van der Waals surface area contributed by atoms with Crippen molar-refractivity contribution in [3.63, 3.8) is 0 Å². The molecular formula is C18H23N3O2. The molecule has 1 atom stereocenters. The van der Waals surface area contributed by atoms with Crippen molar-refractivity contribution in [2.24, 2.45) is 0 Å². The van der Waals surface area contributed by atoms with Crippen LogP contribution in [0.2, 0.25) is 0 Å². The molecule has 0 bridgehead atoms. The minimum atomic E-state index is -0.974. The number of aromatic nitrogens is 2. The van der Waals surface area contributed by atoms with Gasteiger partial charge in [-0.3, -0.25) is 0 Å². The second kappa shape index (κ2) is 5.83. The smallest absolute Gasteiger partial charge is 0.139 e. The van der Waals surface area contributed by atoms with E-state index in [1.54, 1.807) is 6.92 Å². The van der Waals surface area contributed by atoms with E-state index < -0.39 is 5.60 Å². The average molecular weight is 313 g/mol. The maximum absolute atomic E-state index is 10.7. The molecule has 3 heterocycles. The van der Waals surface area contributed by atoms with Crippen LogP contribution in [-0.2, 0) is 12.1 Å². The van der Waals surface area contributed by atoms with Gasteiger partial charge in [0.15, 0.2) is 0 Å². The highest BCUT2D eigenvalue weighted by molar-refractivity contribution is 5.48. The van der Waals surface area contributed by atoms with Gasteiger partial charge in [-0.15, -0.1) is 0 Å². The summed E-state index contributed by atoms with van der Waals surface area (Å²) in [4.78, 5) is 4.45. The summed E-state index contributed by atoms with van der Waals surface area (Å²) < 4.78 is 7.60. The van der Waals surface area contributed by atoms with Gasteiger partial charge in [0.25, 0.3) is 0 Å². The Kier molecular flexibility index (Phi) is 4.00. The van der Waals surface area contributed by atoms with Crippen molar-refractivity contribution in [1.82, 2.24) is 14.7 Å². The number of aliphatic hydroxyl groups is 1. The third-order valence-corrected chi connectivity index (χ3v) is 4.20. The summed E-state index contributed by atoms with van der Waals surface area (Å²) in [5.74, 6) is 1.58. The van der Waals surface area contributed by atoms with Gasteiger partial charge in [-0.2, -0.15) is 0 Å². The standard InChI is InChI=1S/C18H23N3O2/c1-12-6-5-7-21-15(10-20-17(12)21)9-19-11-18(4,22)16-8-13(2)23-14(16)3/h5-8,10,19,22H,9,11H2,1-4H3. The topological polar surface area (TPSA) is 62.7 Å². The Balaban J connectivity index is 1.71. The zero-order valence-corrected chi connectivity index (χ0v) is 14.1. The molecule has 0 saturated carbocycles. The highest BCUT2D eigenvalue weighted by Crippen LogP contribution is 2.26. The molecule has 0 aromatic carbocycles. The minimum absolute atomic E-state index is 0.436. The van der Waals surface area contributed by atoms with Crippen LogP contribution in [0.15, 0.2) is 35.0 Å². The lowest BCUT2D eigenvalue weighted by molar-refractivity contribution is 0.0551. The monoisotopic (exact) mass is 313 g/mol. The fraction of sp³-hybridized carbons (Fsp3) is 0.389. The maximum Gasteiger partial charge on any atom is 0.139 e. The normalized spacial score (nSPS) is 14.3. The maximum atomic E-state index is 10.7. The van der Waals surface area contributed by atoms with Gasteiger partial charge < -0.3 is 19.2 Å². The SMILES string of the molecule is Cc1cc(C(C)(O)CNCc2cnc3c(C)cccn23)c(C)o1. The number of imidazole rings is 1. The molecule has 0 fully saturated rings. The predicted molar refractivity (Wildman–Crippen MR) is 89.4 cm³/mol. The van der Waals surface area contributed by atoms with Crippen molar-refractivity contribution >= 4 is 5.65 Å². The Morgan fingerprint density at radius 2 is 2.13 bits per heavy atom. The Morgan fingerprint density at radius 3 is 2.83 bits per heavy atom. The molecule has 5 nitrogen and oxygen atoms in total. The quantitative estimate of drug-likeness (QED) is 0.760. The zero-order chi connectivity index (χ0) is 16.6. The lowest BCUT2D eigenvalue weighted by Crippen LogP contribution is -2.35. The summed E-state index contributed by atoms with van der Waals surface area (Å²) >= 11 is 0. The van der Waals surface area contributed by atoms with E-state index in [9.17, 15) is 5.11 Å². The highest BCUT2D eigenvalue weighted by atomic mass is 16.3. The Morgan fingerprint density at radius 1 is 1.35 bits per heavy atom. The van der Waals surface area contributed by atoms with Crippen LogP contribution >= 0.6 is 0 Å². The van der Waals surface area contributed by atoms with E-state index in [0.29, 0.717) is 13.1 Å². The van der Waals surface area contributed by atoms with Crippen LogP contribution < -0.4 is 5.32 Å². The van der Waals surface area contributed by atoms with Gasteiger partial charge >= 0.3 is 0 Å². The molecule has 0 spiro atoms. The number of fused-ring (bicyclic) bond motifs is 1. The van der Waals surface area contributed by atoms with Crippen molar-refractivity contribution < 1.29 is 9.52 Å². The van der Waals surface area contributed by atoms with Gasteiger partial charge in [-0.25, -0.2) is 4.98 Å². The number of aryl methyl sites for hydroxylation is 3. The molecule has 0 radical (unpaired) electrons. The summed E-state index contributed by atoms with van der Waals surface area (Å²) in [6.45, 7) is 8.69. The number of hydrogen-bond acceptors (Lipinski definition) is 4. The van der Waals surface area contributed by atoms with Crippen molar-refractivity contribution in [2.75, 3.05) is 6.54 Å². The number of nitrogens with zero attached hydrogens (tertiary/aromatic N) is 2. The molecule has 122 valence electrons. The fourth-order valence-corrected chi connectivity index (χ4v) is 3.03. The molecule has 2 N–H and O–H groups in total. The van der Waals surface area contributed by atoms with E-state index in [1.807, 2.05) is 51.4 Å². The highest BCUT2D eigenvalue weighted by Gasteiger charge is 2.27. The Bertz CT molecular complexity index is 830. The van der Waals surface area contributed by atoms with Gasteiger partial charge in [0.05, 0.1) is 11.9 Å². The molecule has 5 heteroatoms. The van der Waals surface area contributed by atoms with Gasteiger partial charge in [-0.05, 0) is 45.4 Å². The number of nitrogens with one attached hydrogen (secondary N) is 1. The Hall–Kier alpha value is -2.11. The van der Waals surface area contributed by atoms with E-state index in [4.69, 9.17) is 4.42 Å². The zero-order valence-electron chi connectivity index (χ0n) is 14.1. The molecule has 3 aromatic heterocycles. The molecule has 0 aliphatic carbocycles. The second-order valence-electron chi connectivity index (χ2n) is 6.34. The summed E-state index contributed by atoms with van der Waals surface area (Å²) in [6, 6.07) is 5.96. The third-order valence-electron chi connectivity index (χ3n) is 4.20. The van der Waals surface area contributed by atoms with Gasteiger partial charge in [0.1, 0.15) is 22.8 Å². The van der Waals surface area contributed by atoms with Crippen LogP contribution in [0.1, 0.15) is 35.3 Å². The van der Waals surface area contributed by atoms with Crippen LogP contribution in [0.25, 0.3) is 5.65 Å². The van der Waals surface area contributed by atoms with Crippen molar-refractivity contribution in [3.8, 4) is 0 Å².